The largest absolute Gasteiger partial charge is 0.481 e. The van der Waals surface area contributed by atoms with Gasteiger partial charge in [0, 0.05) is 6.42 Å². The molecule has 2 heteroatoms. The number of carbonyl (C=O) groups is 1. The predicted molar refractivity (Wildman–Crippen MR) is 61.1 cm³/mol. The van der Waals surface area contributed by atoms with Crippen LogP contribution in [-0.2, 0) is 11.2 Å². The number of rotatable bonds is 5. The van der Waals surface area contributed by atoms with Gasteiger partial charge in [0.15, 0.2) is 0 Å². The first-order valence-corrected chi connectivity index (χ1v) is 5.40. The van der Waals surface area contributed by atoms with E-state index in [-0.39, 0.29) is 6.42 Å². The molecule has 0 aliphatic carbocycles. The van der Waals surface area contributed by atoms with Gasteiger partial charge in [-0.2, -0.15) is 0 Å². The van der Waals surface area contributed by atoms with Crippen molar-refractivity contribution in [1.82, 2.24) is 0 Å². The minimum Gasteiger partial charge on any atom is -0.481 e. The summed E-state index contributed by atoms with van der Waals surface area (Å²) in [6.45, 7) is 4.33. The summed E-state index contributed by atoms with van der Waals surface area (Å²) in [6, 6.07) is 8.44. The van der Waals surface area contributed by atoms with E-state index in [1.54, 1.807) is 0 Å². The second-order valence-electron chi connectivity index (χ2n) is 4.14. The maximum absolute atomic E-state index is 10.3. The Hall–Kier alpha value is -1.31. The summed E-state index contributed by atoms with van der Waals surface area (Å²) in [6.07, 6.45) is 1.83. The lowest BCUT2D eigenvalue weighted by atomic mass is 10.00. The fourth-order valence-electron chi connectivity index (χ4n) is 1.51. The SMILES string of the molecule is CC(C)c1ccc(CCCC(=O)O)cc1. The molecule has 0 unspecified atom stereocenters. The average molecular weight is 206 g/mol. The first kappa shape index (κ1) is 11.8. The summed E-state index contributed by atoms with van der Waals surface area (Å²) in [4.78, 5) is 10.3. The quantitative estimate of drug-likeness (QED) is 0.803. The van der Waals surface area contributed by atoms with Crippen LogP contribution >= 0.6 is 0 Å². The fraction of sp³-hybridized carbons (Fsp3) is 0.462. The van der Waals surface area contributed by atoms with Gasteiger partial charge in [-0.1, -0.05) is 38.1 Å². The van der Waals surface area contributed by atoms with E-state index in [2.05, 4.69) is 38.1 Å². The molecule has 0 atom stereocenters. The second-order valence-corrected chi connectivity index (χ2v) is 4.14. The first-order valence-electron chi connectivity index (χ1n) is 5.40. The standard InChI is InChI=1S/C13H18O2/c1-10(2)12-8-6-11(7-9-12)4-3-5-13(14)15/h6-10H,3-5H2,1-2H3,(H,14,15). The van der Waals surface area contributed by atoms with Gasteiger partial charge in [-0.25, -0.2) is 0 Å². The molecule has 0 aliphatic rings. The van der Waals surface area contributed by atoms with Crippen molar-refractivity contribution in [3.05, 3.63) is 35.4 Å². The number of hydrogen-bond donors (Lipinski definition) is 1. The van der Waals surface area contributed by atoms with Gasteiger partial charge in [0.1, 0.15) is 0 Å². The molecule has 0 aliphatic heterocycles. The highest BCUT2D eigenvalue weighted by molar-refractivity contribution is 5.66. The van der Waals surface area contributed by atoms with Gasteiger partial charge in [0.2, 0.25) is 0 Å². The van der Waals surface area contributed by atoms with Crippen LogP contribution in [0.1, 0.15) is 43.7 Å². The molecule has 82 valence electrons. The van der Waals surface area contributed by atoms with E-state index in [4.69, 9.17) is 5.11 Å². The average Bonchev–Trinajstić information content (AvgIpc) is 2.18. The van der Waals surface area contributed by atoms with Crippen molar-refractivity contribution in [3.63, 3.8) is 0 Å². The summed E-state index contributed by atoms with van der Waals surface area (Å²) >= 11 is 0. The van der Waals surface area contributed by atoms with Gasteiger partial charge in [-0.3, -0.25) is 4.79 Å². The van der Waals surface area contributed by atoms with Crippen molar-refractivity contribution >= 4 is 5.97 Å². The molecule has 0 amide bonds. The van der Waals surface area contributed by atoms with Crippen molar-refractivity contribution in [2.75, 3.05) is 0 Å². The van der Waals surface area contributed by atoms with Crippen LogP contribution in [0.15, 0.2) is 24.3 Å². The van der Waals surface area contributed by atoms with Gasteiger partial charge in [0.05, 0.1) is 0 Å². The number of benzene rings is 1. The van der Waals surface area contributed by atoms with E-state index < -0.39 is 5.97 Å². The van der Waals surface area contributed by atoms with Crippen LogP contribution in [0.25, 0.3) is 0 Å². The Bertz CT molecular complexity index is 312. The van der Waals surface area contributed by atoms with Crippen molar-refractivity contribution in [2.24, 2.45) is 0 Å². The molecule has 1 aromatic rings. The smallest absolute Gasteiger partial charge is 0.303 e. The summed E-state index contributed by atoms with van der Waals surface area (Å²) in [7, 11) is 0. The fourth-order valence-corrected chi connectivity index (χ4v) is 1.51. The number of carboxylic acids is 1. The van der Waals surface area contributed by atoms with Crippen LogP contribution in [0.3, 0.4) is 0 Å². The molecular weight excluding hydrogens is 188 g/mol. The third kappa shape index (κ3) is 4.15. The lowest BCUT2D eigenvalue weighted by Gasteiger charge is -2.06. The molecule has 0 radical (unpaired) electrons. The van der Waals surface area contributed by atoms with Gasteiger partial charge >= 0.3 is 5.97 Å². The van der Waals surface area contributed by atoms with E-state index in [1.165, 1.54) is 11.1 Å². The zero-order valence-electron chi connectivity index (χ0n) is 9.36. The molecular formula is C13H18O2. The van der Waals surface area contributed by atoms with Crippen molar-refractivity contribution in [3.8, 4) is 0 Å². The van der Waals surface area contributed by atoms with Crippen LogP contribution in [0.2, 0.25) is 0 Å². The van der Waals surface area contributed by atoms with E-state index in [0.29, 0.717) is 5.92 Å². The molecule has 0 fully saturated rings. The second kappa shape index (κ2) is 5.54. The minimum atomic E-state index is -0.714. The summed E-state index contributed by atoms with van der Waals surface area (Å²) < 4.78 is 0. The minimum absolute atomic E-state index is 0.256. The number of aliphatic carboxylic acids is 1. The van der Waals surface area contributed by atoms with Crippen LogP contribution in [0.4, 0.5) is 0 Å². The Morgan fingerprint density at radius 2 is 1.87 bits per heavy atom. The molecule has 2 nitrogen and oxygen atoms in total. The summed E-state index contributed by atoms with van der Waals surface area (Å²) in [5, 5.41) is 8.51. The van der Waals surface area contributed by atoms with E-state index in [9.17, 15) is 4.79 Å². The number of hydrogen-bond acceptors (Lipinski definition) is 1. The lowest BCUT2D eigenvalue weighted by molar-refractivity contribution is -0.137. The predicted octanol–water partition coefficient (Wildman–Crippen LogP) is 3.22. The Morgan fingerprint density at radius 3 is 2.33 bits per heavy atom. The Balaban J connectivity index is 2.46. The van der Waals surface area contributed by atoms with E-state index >= 15 is 0 Å². The van der Waals surface area contributed by atoms with Gasteiger partial charge in [0.25, 0.3) is 0 Å². The first-order chi connectivity index (χ1) is 7.09. The summed E-state index contributed by atoms with van der Waals surface area (Å²) in [5.41, 5.74) is 2.55. The third-order valence-electron chi connectivity index (χ3n) is 2.50. The highest BCUT2D eigenvalue weighted by Crippen LogP contribution is 2.15. The van der Waals surface area contributed by atoms with Crippen LogP contribution in [0, 0.1) is 0 Å². The van der Waals surface area contributed by atoms with Gasteiger partial charge < -0.3 is 5.11 Å². The highest BCUT2D eigenvalue weighted by atomic mass is 16.4. The summed E-state index contributed by atoms with van der Waals surface area (Å²) in [5.74, 6) is -0.160. The van der Waals surface area contributed by atoms with Crippen molar-refractivity contribution < 1.29 is 9.90 Å². The van der Waals surface area contributed by atoms with Gasteiger partial charge in [-0.15, -0.1) is 0 Å². The van der Waals surface area contributed by atoms with Crippen molar-refractivity contribution in [2.45, 2.75) is 39.0 Å². The molecule has 0 saturated heterocycles. The molecule has 1 N–H and O–H groups in total. The van der Waals surface area contributed by atoms with Crippen molar-refractivity contribution in [1.29, 1.82) is 0 Å². The highest BCUT2D eigenvalue weighted by Gasteiger charge is 2.00. The normalized spacial score (nSPS) is 10.6. The Labute approximate surface area is 90.9 Å². The molecule has 0 aromatic heterocycles. The molecule has 0 heterocycles. The van der Waals surface area contributed by atoms with Gasteiger partial charge in [-0.05, 0) is 29.9 Å². The van der Waals surface area contributed by atoms with Crippen LogP contribution in [-0.4, -0.2) is 11.1 Å². The molecule has 1 rings (SSSR count). The molecule has 1 aromatic carbocycles. The number of carboxylic acid groups (broad SMARTS) is 1. The maximum atomic E-state index is 10.3. The van der Waals surface area contributed by atoms with E-state index in [1.807, 2.05) is 0 Å². The van der Waals surface area contributed by atoms with Crippen LogP contribution in [0.5, 0.6) is 0 Å². The molecule has 15 heavy (non-hydrogen) atoms. The van der Waals surface area contributed by atoms with E-state index in [0.717, 1.165) is 12.8 Å². The lowest BCUT2D eigenvalue weighted by Crippen LogP contribution is -1.96. The zero-order valence-corrected chi connectivity index (χ0v) is 9.36. The monoisotopic (exact) mass is 206 g/mol. The zero-order chi connectivity index (χ0) is 11.3. The Kier molecular flexibility index (Phi) is 4.35. The maximum Gasteiger partial charge on any atom is 0.303 e. The van der Waals surface area contributed by atoms with Crippen LogP contribution < -0.4 is 0 Å². The Morgan fingerprint density at radius 1 is 1.27 bits per heavy atom. The molecule has 0 bridgehead atoms. The molecule has 0 saturated carbocycles. The third-order valence-corrected chi connectivity index (χ3v) is 2.50. The molecule has 0 spiro atoms. The topological polar surface area (TPSA) is 37.3 Å². The number of aryl methyl sites for hydroxylation is 1.